The van der Waals surface area contributed by atoms with Gasteiger partial charge in [0.25, 0.3) is 0 Å². The number of rotatable bonds is 7. The predicted octanol–water partition coefficient (Wildman–Crippen LogP) is 2.38. The van der Waals surface area contributed by atoms with Gasteiger partial charge in [-0.1, -0.05) is 31.4 Å². The molecule has 1 aliphatic carbocycles. The third kappa shape index (κ3) is 3.57. The van der Waals surface area contributed by atoms with Crippen molar-refractivity contribution in [2.24, 2.45) is 22.4 Å². The molecule has 2 atom stereocenters. The Hall–Kier alpha value is -1.21. The Morgan fingerprint density at radius 3 is 2.21 bits per heavy atom. The summed E-state index contributed by atoms with van der Waals surface area (Å²) in [7, 11) is -0.509. The first kappa shape index (κ1) is 19.1. The highest BCUT2D eigenvalue weighted by molar-refractivity contribution is 6.55. The van der Waals surface area contributed by atoms with Crippen LogP contribution in [0, 0.1) is 5.92 Å². The number of hydrogen-bond acceptors (Lipinski definition) is 5. The average Bonchev–Trinajstić information content (AvgIpc) is 3.30. The zero-order chi connectivity index (χ0) is 18.2. The Balaban J connectivity index is 2.25. The van der Waals surface area contributed by atoms with Crippen molar-refractivity contribution in [2.75, 3.05) is 0 Å². The van der Waals surface area contributed by atoms with Gasteiger partial charge in [0.05, 0.1) is 17.2 Å². The van der Waals surface area contributed by atoms with Crippen molar-refractivity contribution in [3.05, 3.63) is 36.9 Å². The molecule has 0 aromatic carbocycles. The second kappa shape index (κ2) is 6.60. The van der Waals surface area contributed by atoms with Gasteiger partial charge < -0.3 is 20.8 Å². The molecule has 2 fully saturated rings. The molecule has 2 unspecified atom stereocenters. The van der Waals surface area contributed by atoms with E-state index in [-0.39, 0.29) is 5.92 Å². The Morgan fingerprint density at radius 1 is 1.25 bits per heavy atom. The van der Waals surface area contributed by atoms with Crippen LogP contribution in [0.5, 0.6) is 0 Å². The lowest BCUT2D eigenvalue weighted by molar-refractivity contribution is 0.00578. The van der Waals surface area contributed by atoms with Gasteiger partial charge in [-0.15, -0.1) is 0 Å². The highest BCUT2D eigenvalue weighted by Gasteiger charge is 2.52. The fourth-order valence-electron chi connectivity index (χ4n) is 2.75. The molecule has 132 valence electrons. The first-order chi connectivity index (χ1) is 11.1. The van der Waals surface area contributed by atoms with Gasteiger partial charge in [0.15, 0.2) is 0 Å². The van der Waals surface area contributed by atoms with E-state index in [1.54, 1.807) is 18.4 Å². The van der Waals surface area contributed by atoms with Crippen LogP contribution in [0.15, 0.2) is 41.9 Å². The van der Waals surface area contributed by atoms with E-state index in [9.17, 15) is 0 Å². The molecule has 2 aliphatic rings. The average molecular weight is 331 g/mol. The van der Waals surface area contributed by atoms with Crippen LogP contribution < -0.4 is 11.5 Å². The normalized spacial score (nSPS) is 27.1. The molecule has 0 aromatic heterocycles. The van der Waals surface area contributed by atoms with Gasteiger partial charge in [-0.2, -0.15) is 0 Å². The molecule has 0 amide bonds. The molecule has 2 rings (SSSR count). The molecule has 1 aliphatic heterocycles. The summed E-state index contributed by atoms with van der Waals surface area (Å²) >= 11 is 0. The van der Waals surface area contributed by atoms with Gasteiger partial charge in [0.2, 0.25) is 0 Å². The minimum Gasteiger partial charge on any atom is -0.399 e. The third-order valence-electron chi connectivity index (χ3n) is 5.30. The number of allylic oxidation sites excluding steroid dienone is 3. The molecular weight excluding hydrogens is 301 g/mol. The molecule has 5 nitrogen and oxygen atoms in total. The van der Waals surface area contributed by atoms with Gasteiger partial charge >= 0.3 is 7.12 Å². The van der Waals surface area contributed by atoms with Crippen molar-refractivity contribution in [1.82, 2.24) is 0 Å². The van der Waals surface area contributed by atoms with E-state index in [1.807, 2.05) is 33.8 Å². The van der Waals surface area contributed by atoms with Gasteiger partial charge in [0.1, 0.15) is 5.66 Å². The molecule has 0 aromatic rings. The maximum atomic E-state index is 6.51. The zero-order valence-corrected chi connectivity index (χ0v) is 15.3. The van der Waals surface area contributed by atoms with Crippen LogP contribution in [0.1, 0.15) is 40.5 Å². The molecular formula is C18H30BN3O2. The van der Waals surface area contributed by atoms with Crippen molar-refractivity contribution in [2.45, 2.75) is 63.4 Å². The minimum atomic E-state index is -0.841. The van der Waals surface area contributed by atoms with E-state index in [2.05, 4.69) is 18.2 Å². The van der Waals surface area contributed by atoms with Crippen LogP contribution in [-0.4, -0.2) is 36.2 Å². The van der Waals surface area contributed by atoms with Crippen molar-refractivity contribution >= 4 is 13.3 Å². The molecule has 0 spiro atoms. The molecule has 24 heavy (non-hydrogen) atoms. The third-order valence-corrected chi connectivity index (χ3v) is 5.30. The first-order valence-corrected chi connectivity index (χ1v) is 8.48. The second-order valence-corrected chi connectivity index (χ2v) is 7.66. The molecule has 0 radical (unpaired) electrons. The van der Waals surface area contributed by atoms with Crippen LogP contribution in [-0.2, 0) is 9.31 Å². The quantitative estimate of drug-likeness (QED) is 0.426. The Bertz CT molecular complexity index is 551. The summed E-state index contributed by atoms with van der Waals surface area (Å²) in [6.45, 7) is 15.6. The van der Waals surface area contributed by atoms with Gasteiger partial charge in [-0.3, -0.25) is 4.99 Å². The topological polar surface area (TPSA) is 82.9 Å². The molecule has 4 N–H and O–H groups in total. The Morgan fingerprint density at radius 2 is 1.79 bits per heavy atom. The van der Waals surface area contributed by atoms with E-state index >= 15 is 0 Å². The largest absolute Gasteiger partial charge is 0.494 e. The summed E-state index contributed by atoms with van der Waals surface area (Å²) in [6.07, 6.45) is 8.89. The summed E-state index contributed by atoms with van der Waals surface area (Å²) in [5.74, 6) is 0.282. The van der Waals surface area contributed by atoms with E-state index in [0.29, 0.717) is 0 Å². The van der Waals surface area contributed by atoms with Crippen LogP contribution in [0.2, 0.25) is 0 Å². The zero-order valence-electron chi connectivity index (χ0n) is 15.3. The second-order valence-electron chi connectivity index (χ2n) is 7.66. The Labute approximate surface area is 146 Å². The lowest BCUT2D eigenvalue weighted by atomic mass is 9.76. The van der Waals surface area contributed by atoms with Crippen LogP contribution >= 0.6 is 0 Å². The number of nitrogens with two attached hydrogens (primary N) is 2. The van der Waals surface area contributed by atoms with Crippen LogP contribution in [0.25, 0.3) is 0 Å². The van der Waals surface area contributed by atoms with Gasteiger partial charge in [0, 0.05) is 6.21 Å². The van der Waals surface area contributed by atoms with Crippen molar-refractivity contribution in [3.8, 4) is 0 Å². The smallest absolute Gasteiger partial charge is 0.399 e. The maximum absolute atomic E-state index is 6.51. The predicted molar refractivity (Wildman–Crippen MR) is 101 cm³/mol. The van der Waals surface area contributed by atoms with Crippen molar-refractivity contribution in [1.29, 1.82) is 0 Å². The Kier molecular flexibility index (Phi) is 5.26. The monoisotopic (exact) mass is 331 g/mol. The van der Waals surface area contributed by atoms with Crippen molar-refractivity contribution < 1.29 is 9.31 Å². The molecule has 1 heterocycles. The molecule has 1 saturated heterocycles. The van der Waals surface area contributed by atoms with E-state index in [0.717, 1.165) is 18.3 Å². The molecule has 0 bridgehead atoms. The number of aliphatic imine (C=N–C) groups is 1. The van der Waals surface area contributed by atoms with Gasteiger partial charge in [-0.25, -0.2) is 0 Å². The van der Waals surface area contributed by atoms with Crippen molar-refractivity contribution in [3.63, 3.8) is 0 Å². The maximum Gasteiger partial charge on any atom is 0.494 e. The van der Waals surface area contributed by atoms with Gasteiger partial charge in [-0.05, 0) is 51.9 Å². The van der Waals surface area contributed by atoms with E-state index in [1.165, 1.54) is 0 Å². The molecule has 6 heteroatoms. The summed E-state index contributed by atoms with van der Waals surface area (Å²) in [5.41, 5.74) is 12.0. The lowest BCUT2D eigenvalue weighted by Crippen LogP contribution is -2.55. The highest BCUT2D eigenvalue weighted by Crippen LogP contribution is 2.42. The summed E-state index contributed by atoms with van der Waals surface area (Å²) in [5, 5.41) is 0. The summed E-state index contributed by atoms with van der Waals surface area (Å²) < 4.78 is 12.2. The van der Waals surface area contributed by atoms with E-state index in [4.69, 9.17) is 20.8 Å². The fraction of sp³-hybridized carbons (Fsp3) is 0.611. The van der Waals surface area contributed by atoms with Crippen LogP contribution in [0.3, 0.4) is 0 Å². The standard InChI is InChI=1S/C18H30BN3O2/c1-7-11-22-18(21,13-9-10-13)15(20)12-14(8-2)19-23-16(3,4)17(5,6)24-19/h7-8,11-13,15H,1-2,9-10,20-21H2,3-6H3/b14-12+,22-11?. The van der Waals surface area contributed by atoms with Crippen LogP contribution in [0.4, 0.5) is 0 Å². The lowest BCUT2D eigenvalue weighted by Gasteiger charge is -2.32. The first-order valence-electron chi connectivity index (χ1n) is 8.48. The fourth-order valence-corrected chi connectivity index (χ4v) is 2.75. The number of nitrogens with zero attached hydrogens (tertiary/aromatic N) is 1. The number of hydrogen-bond donors (Lipinski definition) is 2. The minimum absolute atomic E-state index is 0.282. The summed E-state index contributed by atoms with van der Waals surface area (Å²) in [6, 6.07) is -0.465. The SMILES string of the molecule is C=CC=NC(N)(C(N)/C=C(\C=C)B1OC(C)(C)C(C)(C)O1)C1CC1. The van der Waals surface area contributed by atoms with E-state index < -0.39 is 30.0 Å². The highest BCUT2D eigenvalue weighted by atomic mass is 16.7. The summed E-state index contributed by atoms with van der Waals surface area (Å²) in [4.78, 5) is 4.46. The molecule has 1 saturated carbocycles.